The largest absolute Gasteiger partial charge is 0.488 e. The van der Waals surface area contributed by atoms with Gasteiger partial charge in [0.2, 0.25) is 5.78 Å². The lowest BCUT2D eigenvalue weighted by Gasteiger charge is -2.39. The molecule has 1 aromatic carbocycles. The number of alkyl carbamates (subject to hydrolysis) is 1. The van der Waals surface area contributed by atoms with Crippen LogP contribution in [0.4, 0.5) is 4.79 Å². The predicted octanol–water partition coefficient (Wildman–Crippen LogP) is 2.51. The first-order chi connectivity index (χ1) is 13.2. The Labute approximate surface area is 166 Å². The van der Waals surface area contributed by atoms with Gasteiger partial charge in [-0.25, -0.2) is 4.79 Å². The summed E-state index contributed by atoms with van der Waals surface area (Å²) in [4.78, 5) is 25.7. The molecule has 7 heteroatoms. The van der Waals surface area contributed by atoms with Gasteiger partial charge in [0.15, 0.2) is 11.9 Å². The molecule has 3 rings (SSSR count). The fourth-order valence-electron chi connectivity index (χ4n) is 3.44. The normalized spacial score (nSPS) is 19.1. The molecule has 7 nitrogen and oxygen atoms in total. The Morgan fingerprint density at radius 3 is 2.79 bits per heavy atom. The molecule has 2 aliphatic rings. The molecule has 2 N–H and O–H groups in total. The molecular formula is C21H30N2O5. The van der Waals surface area contributed by atoms with Crippen molar-refractivity contribution in [2.75, 3.05) is 13.2 Å². The second kappa shape index (κ2) is 7.83. The summed E-state index contributed by atoms with van der Waals surface area (Å²) in [5.41, 5.74) is 3.36. The van der Waals surface area contributed by atoms with Crippen molar-refractivity contribution in [3.63, 3.8) is 0 Å². The summed E-state index contributed by atoms with van der Waals surface area (Å²) < 4.78 is 10.7. The molecule has 1 amide bonds. The third-order valence-electron chi connectivity index (χ3n) is 4.71. The van der Waals surface area contributed by atoms with Crippen LogP contribution in [0, 0.1) is 0 Å². The molecule has 1 aliphatic carbocycles. The average molecular weight is 390 g/mol. The fourth-order valence-corrected chi connectivity index (χ4v) is 3.44. The van der Waals surface area contributed by atoms with Crippen molar-refractivity contribution in [1.29, 1.82) is 0 Å². The second-order valence-electron chi connectivity index (χ2n) is 8.04. The lowest BCUT2D eigenvalue weighted by molar-refractivity contribution is -0.131. The molecule has 0 saturated carbocycles. The highest BCUT2D eigenvalue weighted by Gasteiger charge is 2.43. The maximum absolute atomic E-state index is 11.9. The smallest absolute Gasteiger partial charge is 0.407 e. The summed E-state index contributed by atoms with van der Waals surface area (Å²) in [5, 5.41) is 12.8. The zero-order valence-electron chi connectivity index (χ0n) is 16.9. The Balaban J connectivity index is 0.00000300. The van der Waals surface area contributed by atoms with Gasteiger partial charge in [-0.3, -0.25) is 4.79 Å². The van der Waals surface area contributed by atoms with E-state index in [1.807, 2.05) is 44.7 Å². The van der Waals surface area contributed by atoms with Crippen molar-refractivity contribution in [2.45, 2.75) is 58.9 Å². The van der Waals surface area contributed by atoms with Crippen LogP contribution in [0.25, 0.3) is 0 Å². The minimum Gasteiger partial charge on any atom is -0.488 e. The molecule has 28 heavy (non-hydrogen) atoms. The van der Waals surface area contributed by atoms with Crippen LogP contribution >= 0.6 is 0 Å². The first kappa shape index (κ1) is 20.2. The number of benzene rings is 1. The third-order valence-corrected chi connectivity index (χ3v) is 4.71. The minimum atomic E-state index is -1.10. The molecule has 1 aliphatic heterocycles. The molecule has 0 spiro atoms. The number of nitrogens with one attached hydrogen (secondary N) is 1. The number of nitrogens with zero attached hydrogens (tertiary/aromatic N) is 1. The summed E-state index contributed by atoms with van der Waals surface area (Å²) in [5.74, 6) is -0.0702. The van der Waals surface area contributed by atoms with E-state index in [-0.39, 0.29) is 13.0 Å². The highest BCUT2D eigenvalue weighted by atomic mass is 16.6. The number of rotatable bonds is 5. The van der Waals surface area contributed by atoms with Gasteiger partial charge in [-0.1, -0.05) is 18.2 Å². The molecule has 0 radical (unpaired) electrons. The van der Waals surface area contributed by atoms with Gasteiger partial charge in [0.1, 0.15) is 5.60 Å². The number of fused-ring (bicyclic) bond motifs is 1. The summed E-state index contributed by atoms with van der Waals surface area (Å²) in [7, 11) is 0. The monoisotopic (exact) mass is 390 g/mol. The number of aliphatic hydroxyl groups is 1. The molecule has 154 valence electrons. The number of Topliss-reactive ketones (excluding diaryl/α,β-unsaturated/α-hetero) is 1. The zero-order chi connectivity index (χ0) is 20.5. The zero-order valence-corrected chi connectivity index (χ0v) is 16.9. The van der Waals surface area contributed by atoms with Crippen LogP contribution in [0.3, 0.4) is 0 Å². The number of amides is 1. The quantitative estimate of drug-likeness (QED) is 0.803. The van der Waals surface area contributed by atoms with E-state index < -0.39 is 17.8 Å². The second-order valence-corrected chi connectivity index (χ2v) is 8.04. The van der Waals surface area contributed by atoms with Crippen molar-refractivity contribution in [2.24, 2.45) is 0 Å². The Morgan fingerprint density at radius 1 is 1.36 bits per heavy atom. The fraction of sp³-hybridized carbons (Fsp3) is 0.524. The number of hydrogen-bond acceptors (Lipinski definition) is 6. The van der Waals surface area contributed by atoms with E-state index in [4.69, 9.17) is 9.47 Å². The van der Waals surface area contributed by atoms with Gasteiger partial charge >= 0.3 is 6.09 Å². The molecule has 0 saturated heterocycles. The standard InChI is InChI=1S/C21H28N2O5.H2/c1-5-27-19-16(17(24)18(19)25)23-9-8-14-7-6-13(10-15(14)12-23)11-22-20(26)28-21(2,3)4;/h6-7,10,17,24H,5,8-9,11-12H2,1-4H3,(H,22,26);1H. The van der Waals surface area contributed by atoms with Crippen molar-refractivity contribution in [1.82, 2.24) is 10.2 Å². The predicted molar refractivity (Wildman–Crippen MR) is 105 cm³/mol. The molecule has 0 aromatic heterocycles. The molecule has 1 heterocycles. The Bertz CT molecular complexity index is 816. The average Bonchev–Trinajstić information content (AvgIpc) is 2.64. The molecule has 0 bridgehead atoms. The lowest BCUT2D eigenvalue weighted by Crippen LogP contribution is -2.47. The van der Waals surface area contributed by atoms with Gasteiger partial charge in [0.25, 0.3) is 0 Å². The van der Waals surface area contributed by atoms with E-state index in [1.54, 1.807) is 0 Å². The lowest BCUT2D eigenvalue weighted by atomic mass is 9.91. The number of aliphatic hydroxyl groups excluding tert-OH is 1. The number of hydrogen-bond donors (Lipinski definition) is 2. The maximum Gasteiger partial charge on any atom is 0.407 e. The molecular weight excluding hydrogens is 360 g/mol. The van der Waals surface area contributed by atoms with E-state index in [0.717, 1.165) is 24.1 Å². The van der Waals surface area contributed by atoms with Gasteiger partial charge in [-0.15, -0.1) is 0 Å². The summed E-state index contributed by atoms with van der Waals surface area (Å²) in [6.07, 6.45) is -0.728. The number of ketones is 1. The summed E-state index contributed by atoms with van der Waals surface area (Å²) >= 11 is 0. The first-order valence-corrected chi connectivity index (χ1v) is 9.61. The van der Waals surface area contributed by atoms with Gasteiger partial charge in [-0.2, -0.15) is 0 Å². The number of carbonyl (C=O) groups is 2. The SMILES string of the molecule is CCOC1=C(N2CCc3ccc(CNC(=O)OC(C)(C)C)cc3C2)C(O)C1=O.[HH]. The molecule has 1 unspecified atom stereocenters. The van der Waals surface area contributed by atoms with Crippen LogP contribution in [0.2, 0.25) is 0 Å². The number of ether oxygens (including phenoxy) is 2. The highest BCUT2D eigenvalue weighted by molar-refractivity contribution is 6.06. The third kappa shape index (κ3) is 4.30. The van der Waals surface area contributed by atoms with Crippen LogP contribution in [0.5, 0.6) is 0 Å². The van der Waals surface area contributed by atoms with Crippen molar-refractivity contribution >= 4 is 11.9 Å². The van der Waals surface area contributed by atoms with Crippen molar-refractivity contribution in [3.05, 3.63) is 46.3 Å². The molecule has 0 fully saturated rings. The van der Waals surface area contributed by atoms with E-state index in [2.05, 4.69) is 11.4 Å². The van der Waals surface area contributed by atoms with Gasteiger partial charge in [0, 0.05) is 21.1 Å². The van der Waals surface area contributed by atoms with E-state index in [9.17, 15) is 14.7 Å². The van der Waals surface area contributed by atoms with Crippen molar-refractivity contribution in [3.8, 4) is 0 Å². The Kier molecular flexibility index (Phi) is 5.65. The van der Waals surface area contributed by atoms with Crippen LogP contribution in [0.1, 0.15) is 45.8 Å². The van der Waals surface area contributed by atoms with Crippen LogP contribution < -0.4 is 5.32 Å². The summed E-state index contributed by atoms with van der Waals surface area (Å²) in [6.45, 7) is 9.36. The van der Waals surface area contributed by atoms with Crippen LogP contribution in [-0.4, -0.2) is 46.7 Å². The molecule has 1 atom stereocenters. The Hall–Kier alpha value is -2.54. The molecule has 1 aromatic rings. The van der Waals surface area contributed by atoms with Gasteiger partial charge in [0.05, 0.1) is 12.3 Å². The van der Waals surface area contributed by atoms with Crippen LogP contribution in [0.15, 0.2) is 29.7 Å². The topological polar surface area (TPSA) is 88.1 Å². The maximum atomic E-state index is 11.9. The summed E-state index contributed by atoms with van der Waals surface area (Å²) in [6, 6.07) is 6.12. The van der Waals surface area contributed by atoms with E-state index in [0.29, 0.717) is 25.4 Å². The first-order valence-electron chi connectivity index (χ1n) is 9.61. The van der Waals surface area contributed by atoms with E-state index in [1.165, 1.54) is 5.56 Å². The number of carbonyl (C=O) groups excluding carboxylic acids is 2. The highest BCUT2D eigenvalue weighted by Crippen LogP contribution is 2.33. The van der Waals surface area contributed by atoms with E-state index >= 15 is 0 Å². The minimum absolute atomic E-state index is 0. The van der Waals surface area contributed by atoms with Gasteiger partial charge < -0.3 is 24.8 Å². The van der Waals surface area contributed by atoms with Gasteiger partial charge in [-0.05, 0) is 50.8 Å². The van der Waals surface area contributed by atoms with Crippen LogP contribution in [-0.2, 0) is 33.8 Å². The van der Waals surface area contributed by atoms with Crippen molar-refractivity contribution < 1.29 is 25.6 Å². The Morgan fingerprint density at radius 2 is 2.11 bits per heavy atom.